The Morgan fingerprint density at radius 3 is 2.62 bits per heavy atom. The van der Waals surface area contributed by atoms with Crippen molar-refractivity contribution in [1.82, 2.24) is 10.2 Å². The van der Waals surface area contributed by atoms with E-state index in [2.05, 4.69) is 19.2 Å². The van der Waals surface area contributed by atoms with E-state index in [4.69, 9.17) is 0 Å². The van der Waals surface area contributed by atoms with E-state index >= 15 is 0 Å². The van der Waals surface area contributed by atoms with Crippen LogP contribution < -0.4 is 5.32 Å². The molecule has 1 aliphatic rings. The van der Waals surface area contributed by atoms with Gasteiger partial charge in [0.25, 0.3) is 11.6 Å². The SMILES string of the molecule is CC(C)CCSc1ccc(C(=O)NCC(=O)N2CCCC2)cc1[N+](=O)[O-]. The maximum atomic E-state index is 12.2. The molecule has 1 aromatic carbocycles. The van der Waals surface area contributed by atoms with Crippen LogP contribution in [0.4, 0.5) is 5.69 Å². The second kappa shape index (κ2) is 9.56. The molecular formula is C18H25N3O4S. The number of likely N-dealkylation sites (tertiary alicyclic amines) is 1. The number of benzene rings is 1. The first-order valence-electron chi connectivity index (χ1n) is 8.85. The summed E-state index contributed by atoms with van der Waals surface area (Å²) in [6.07, 6.45) is 2.94. The Balaban J connectivity index is 1.99. The molecule has 1 fully saturated rings. The first-order chi connectivity index (χ1) is 12.4. The van der Waals surface area contributed by atoms with Crippen molar-refractivity contribution in [2.75, 3.05) is 25.4 Å². The minimum absolute atomic E-state index is 0.0720. The Morgan fingerprint density at radius 2 is 2.00 bits per heavy atom. The molecule has 0 bridgehead atoms. The van der Waals surface area contributed by atoms with Gasteiger partial charge in [0.15, 0.2) is 0 Å². The van der Waals surface area contributed by atoms with Crippen molar-refractivity contribution in [3.8, 4) is 0 Å². The molecule has 0 aromatic heterocycles. The van der Waals surface area contributed by atoms with E-state index in [1.165, 1.54) is 17.8 Å². The topological polar surface area (TPSA) is 92.6 Å². The van der Waals surface area contributed by atoms with Crippen LogP contribution in [-0.4, -0.2) is 47.0 Å². The van der Waals surface area contributed by atoms with Crippen LogP contribution in [0.1, 0.15) is 43.5 Å². The van der Waals surface area contributed by atoms with Crippen molar-refractivity contribution in [3.63, 3.8) is 0 Å². The van der Waals surface area contributed by atoms with Crippen LogP contribution in [0, 0.1) is 16.0 Å². The van der Waals surface area contributed by atoms with Gasteiger partial charge in [-0.15, -0.1) is 11.8 Å². The minimum Gasteiger partial charge on any atom is -0.343 e. The van der Waals surface area contributed by atoms with Gasteiger partial charge in [0.05, 0.1) is 16.4 Å². The maximum absolute atomic E-state index is 12.2. The number of hydrogen-bond acceptors (Lipinski definition) is 5. The van der Waals surface area contributed by atoms with Gasteiger partial charge in [0.2, 0.25) is 5.91 Å². The van der Waals surface area contributed by atoms with Crippen LogP contribution in [-0.2, 0) is 4.79 Å². The number of nitro groups is 1. The van der Waals surface area contributed by atoms with Crippen molar-refractivity contribution in [2.45, 2.75) is 38.0 Å². The molecule has 2 amide bonds. The molecule has 1 aliphatic heterocycles. The van der Waals surface area contributed by atoms with Gasteiger partial charge >= 0.3 is 0 Å². The molecule has 1 N–H and O–H groups in total. The molecule has 0 spiro atoms. The lowest BCUT2D eigenvalue weighted by Gasteiger charge is -2.15. The summed E-state index contributed by atoms with van der Waals surface area (Å²) in [4.78, 5) is 37.4. The highest BCUT2D eigenvalue weighted by atomic mass is 32.2. The molecule has 8 heteroatoms. The molecule has 7 nitrogen and oxygen atoms in total. The minimum atomic E-state index is -0.473. The van der Waals surface area contributed by atoms with E-state index in [1.807, 2.05) is 0 Å². The van der Waals surface area contributed by atoms with Gasteiger partial charge in [-0.1, -0.05) is 13.8 Å². The van der Waals surface area contributed by atoms with Gasteiger partial charge in [-0.25, -0.2) is 0 Å². The lowest BCUT2D eigenvalue weighted by molar-refractivity contribution is -0.387. The van der Waals surface area contributed by atoms with E-state index in [1.54, 1.807) is 17.0 Å². The molecular weight excluding hydrogens is 354 g/mol. The first kappa shape index (κ1) is 20.2. The van der Waals surface area contributed by atoms with Gasteiger partial charge in [0.1, 0.15) is 0 Å². The first-order valence-corrected chi connectivity index (χ1v) is 9.84. The normalized spacial score (nSPS) is 13.9. The average Bonchev–Trinajstić information content (AvgIpc) is 3.13. The summed E-state index contributed by atoms with van der Waals surface area (Å²) in [5, 5.41) is 13.9. The van der Waals surface area contributed by atoms with Crippen LogP contribution in [0.2, 0.25) is 0 Å². The van der Waals surface area contributed by atoms with Gasteiger partial charge in [-0.2, -0.15) is 0 Å². The van der Waals surface area contributed by atoms with E-state index in [-0.39, 0.29) is 23.7 Å². The largest absolute Gasteiger partial charge is 0.343 e. The Bertz CT molecular complexity index is 672. The highest BCUT2D eigenvalue weighted by Crippen LogP contribution is 2.31. The highest BCUT2D eigenvalue weighted by molar-refractivity contribution is 7.99. The number of hydrogen-bond donors (Lipinski definition) is 1. The molecule has 0 unspecified atom stereocenters. The third-order valence-electron chi connectivity index (χ3n) is 4.23. The van der Waals surface area contributed by atoms with Crippen molar-refractivity contribution in [2.24, 2.45) is 5.92 Å². The lowest BCUT2D eigenvalue weighted by Crippen LogP contribution is -2.38. The van der Waals surface area contributed by atoms with E-state index in [9.17, 15) is 19.7 Å². The summed E-state index contributed by atoms with van der Waals surface area (Å²) in [6.45, 7) is 5.57. The molecule has 0 aliphatic carbocycles. The maximum Gasteiger partial charge on any atom is 0.283 e. The Hall–Kier alpha value is -2.09. The van der Waals surface area contributed by atoms with Crippen LogP contribution in [0.5, 0.6) is 0 Å². The van der Waals surface area contributed by atoms with Gasteiger partial charge in [-0.05, 0) is 43.1 Å². The summed E-state index contributed by atoms with van der Waals surface area (Å²) < 4.78 is 0. The number of nitrogens with zero attached hydrogens (tertiary/aromatic N) is 2. The number of amides is 2. The molecule has 1 saturated heterocycles. The molecule has 1 heterocycles. The molecule has 1 aromatic rings. The van der Waals surface area contributed by atoms with Crippen LogP contribution in [0.25, 0.3) is 0 Å². The molecule has 0 atom stereocenters. The zero-order valence-electron chi connectivity index (χ0n) is 15.2. The molecule has 0 radical (unpaired) electrons. The van der Waals surface area contributed by atoms with Crippen LogP contribution >= 0.6 is 11.8 Å². The molecule has 2 rings (SSSR count). The summed E-state index contributed by atoms with van der Waals surface area (Å²) in [7, 11) is 0. The second-order valence-corrected chi connectivity index (χ2v) is 7.88. The second-order valence-electron chi connectivity index (χ2n) is 6.74. The monoisotopic (exact) mass is 379 g/mol. The predicted molar refractivity (Wildman–Crippen MR) is 101 cm³/mol. The molecule has 0 saturated carbocycles. The van der Waals surface area contributed by atoms with Crippen molar-refractivity contribution in [1.29, 1.82) is 0 Å². The summed E-state index contributed by atoms with van der Waals surface area (Å²) >= 11 is 1.43. The van der Waals surface area contributed by atoms with Crippen LogP contribution in [0.15, 0.2) is 23.1 Å². The van der Waals surface area contributed by atoms with E-state index in [0.29, 0.717) is 10.8 Å². The number of carbonyl (C=O) groups is 2. The van der Waals surface area contributed by atoms with E-state index < -0.39 is 10.8 Å². The molecule has 26 heavy (non-hydrogen) atoms. The molecule has 142 valence electrons. The number of carbonyl (C=O) groups excluding carboxylic acids is 2. The summed E-state index contributed by atoms with van der Waals surface area (Å²) in [6, 6.07) is 4.47. The smallest absolute Gasteiger partial charge is 0.283 e. The van der Waals surface area contributed by atoms with Gasteiger partial charge in [-0.3, -0.25) is 19.7 Å². The standard InChI is InChI=1S/C18H25N3O4S/c1-13(2)7-10-26-16-6-5-14(11-15(16)21(24)25)18(23)19-12-17(22)20-8-3-4-9-20/h5-6,11,13H,3-4,7-10,12H2,1-2H3,(H,19,23). The van der Waals surface area contributed by atoms with Crippen molar-refractivity contribution >= 4 is 29.3 Å². The third kappa shape index (κ3) is 5.72. The number of rotatable bonds is 8. The van der Waals surface area contributed by atoms with Gasteiger partial charge in [0, 0.05) is 24.7 Å². The summed E-state index contributed by atoms with van der Waals surface area (Å²) in [5.74, 6) is 0.722. The van der Waals surface area contributed by atoms with Crippen molar-refractivity contribution < 1.29 is 14.5 Å². The average molecular weight is 379 g/mol. The van der Waals surface area contributed by atoms with E-state index in [0.717, 1.165) is 38.1 Å². The lowest BCUT2D eigenvalue weighted by atomic mass is 10.2. The quantitative estimate of drug-likeness (QED) is 0.426. The zero-order valence-corrected chi connectivity index (χ0v) is 16.0. The van der Waals surface area contributed by atoms with Gasteiger partial charge < -0.3 is 10.2 Å². The van der Waals surface area contributed by atoms with Crippen LogP contribution in [0.3, 0.4) is 0 Å². The predicted octanol–water partition coefficient (Wildman–Crippen LogP) is 3.09. The Kier molecular flexibility index (Phi) is 7.44. The fourth-order valence-corrected chi connectivity index (χ4v) is 3.92. The Labute approximate surface area is 157 Å². The fourth-order valence-electron chi connectivity index (χ4n) is 2.66. The number of thioether (sulfide) groups is 1. The highest BCUT2D eigenvalue weighted by Gasteiger charge is 2.21. The fraction of sp³-hybridized carbons (Fsp3) is 0.556. The zero-order chi connectivity index (χ0) is 19.1. The summed E-state index contributed by atoms with van der Waals surface area (Å²) in [5.41, 5.74) is 0.122. The number of nitro benzene ring substituents is 1. The number of nitrogens with one attached hydrogen (secondary N) is 1. The van der Waals surface area contributed by atoms with Crippen molar-refractivity contribution in [3.05, 3.63) is 33.9 Å². The third-order valence-corrected chi connectivity index (χ3v) is 5.33. The Morgan fingerprint density at radius 1 is 1.31 bits per heavy atom.